The molecular formula is C7H15ClF3NO. The highest BCUT2D eigenvalue weighted by Gasteiger charge is 2.38. The number of halogens is 4. The van der Waals surface area contributed by atoms with Crippen LogP contribution < -0.4 is 5.73 Å². The van der Waals surface area contributed by atoms with Gasteiger partial charge in [0.2, 0.25) is 0 Å². The molecule has 3 N–H and O–H groups in total. The number of rotatable bonds is 3. The van der Waals surface area contributed by atoms with Crippen LogP contribution >= 0.6 is 12.4 Å². The van der Waals surface area contributed by atoms with E-state index in [4.69, 9.17) is 10.8 Å². The van der Waals surface area contributed by atoms with Crippen molar-refractivity contribution < 1.29 is 18.3 Å². The van der Waals surface area contributed by atoms with Crippen LogP contribution in [-0.2, 0) is 0 Å². The Kier molecular flexibility index (Phi) is 6.75. The summed E-state index contributed by atoms with van der Waals surface area (Å²) in [5.41, 5.74) is 4.80. The van der Waals surface area contributed by atoms with Gasteiger partial charge in [0.15, 0.2) is 0 Å². The lowest BCUT2D eigenvalue weighted by Crippen LogP contribution is -2.41. The van der Waals surface area contributed by atoms with Crippen molar-refractivity contribution in [3.63, 3.8) is 0 Å². The molecule has 82 valence electrons. The van der Waals surface area contributed by atoms with E-state index in [9.17, 15) is 13.2 Å². The molecule has 0 aromatic rings. The van der Waals surface area contributed by atoms with Crippen LogP contribution in [0.1, 0.15) is 20.3 Å². The van der Waals surface area contributed by atoms with E-state index < -0.39 is 24.7 Å². The number of alkyl halides is 3. The second-order valence-electron chi connectivity index (χ2n) is 3.20. The van der Waals surface area contributed by atoms with Crippen molar-refractivity contribution in [2.24, 2.45) is 11.7 Å². The van der Waals surface area contributed by atoms with Gasteiger partial charge in [0.05, 0.1) is 6.10 Å². The average Bonchev–Trinajstić information content (AvgIpc) is 1.85. The van der Waals surface area contributed by atoms with Gasteiger partial charge in [0.1, 0.15) is 6.04 Å². The van der Waals surface area contributed by atoms with Crippen molar-refractivity contribution >= 4 is 12.4 Å². The fourth-order valence-corrected chi connectivity index (χ4v) is 0.666. The molecule has 0 saturated heterocycles. The molecule has 0 heterocycles. The van der Waals surface area contributed by atoms with Crippen LogP contribution in [-0.4, -0.2) is 23.4 Å². The first kappa shape index (κ1) is 15.5. The molecule has 13 heavy (non-hydrogen) atoms. The molecule has 2 nitrogen and oxygen atoms in total. The molecule has 6 heteroatoms. The lowest BCUT2D eigenvalue weighted by Gasteiger charge is -2.21. The van der Waals surface area contributed by atoms with Crippen molar-refractivity contribution in [3.8, 4) is 0 Å². The van der Waals surface area contributed by atoms with Crippen molar-refractivity contribution in [1.82, 2.24) is 0 Å². The van der Waals surface area contributed by atoms with Crippen LogP contribution in [0, 0.1) is 5.92 Å². The number of aliphatic hydroxyl groups is 1. The van der Waals surface area contributed by atoms with Gasteiger partial charge in [0, 0.05) is 0 Å². The monoisotopic (exact) mass is 221 g/mol. The van der Waals surface area contributed by atoms with E-state index in [-0.39, 0.29) is 18.3 Å². The van der Waals surface area contributed by atoms with Crippen LogP contribution in [0.5, 0.6) is 0 Å². The standard InChI is InChI=1S/C7H14F3NO.ClH/c1-4(2)5(12)3-6(11)7(8,9)10;/h4-6,12H,3,11H2,1-2H3;1H/t5-,6-;/m1./s1. The number of hydrogen-bond acceptors (Lipinski definition) is 2. The maximum atomic E-state index is 11.8. The molecule has 0 aromatic carbocycles. The molecule has 0 rings (SSSR count). The van der Waals surface area contributed by atoms with E-state index in [2.05, 4.69) is 0 Å². The largest absolute Gasteiger partial charge is 0.403 e. The van der Waals surface area contributed by atoms with Gasteiger partial charge in [-0.2, -0.15) is 13.2 Å². The Morgan fingerprint density at radius 2 is 1.69 bits per heavy atom. The van der Waals surface area contributed by atoms with Crippen LogP contribution in [0.4, 0.5) is 13.2 Å². The topological polar surface area (TPSA) is 46.2 Å². The molecule has 2 atom stereocenters. The van der Waals surface area contributed by atoms with Crippen molar-refractivity contribution in [1.29, 1.82) is 0 Å². The van der Waals surface area contributed by atoms with E-state index in [0.29, 0.717) is 0 Å². The predicted octanol–water partition coefficient (Wildman–Crippen LogP) is 1.70. The second-order valence-corrected chi connectivity index (χ2v) is 3.20. The highest BCUT2D eigenvalue weighted by Crippen LogP contribution is 2.23. The molecule has 0 radical (unpaired) electrons. The third-order valence-electron chi connectivity index (χ3n) is 1.69. The molecule has 0 amide bonds. The highest BCUT2D eigenvalue weighted by molar-refractivity contribution is 5.85. The summed E-state index contributed by atoms with van der Waals surface area (Å²) in [7, 11) is 0. The summed E-state index contributed by atoms with van der Waals surface area (Å²) in [5.74, 6) is -0.196. The van der Waals surface area contributed by atoms with E-state index in [1.165, 1.54) is 0 Å². The van der Waals surface area contributed by atoms with Gasteiger partial charge in [0.25, 0.3) is 0 Å². The van der Waals surface area contributed by atoms with Crippen LogP contribution in [0.2, 0.25) is 0 Å². The van der Waals surface area contributed by atoms with Gasteiger partial charge in [-0.1, -0.05) is 13.8 Å². The fourth-order valence-electron chi connectivity index (χ4n) is 0.666. The summed E-state index contributed by atoms with van der Waals surface area (Å²) in [4.78, 5) is 0. The Morgan fingerprint density at radius 1 is 1.31 bits per heavy atom. The minimum absolute atomic E-state index is 0. The molecular weight excluding hydrogens is 207 g/mol. The maximum Gasteiger partial charge on any atom is 0.403 e. The zero-order valence-electron chi connectivity index (χ0n) is 7.51. The van der Waals surface area contributed by atoms with Gasteiger partial charge in [-0.25, -0.2) is 0 Å². The molecule has 0 saturated carbocycles. The number of aliphatic hydroxyl groups excluding tert-OH is 1. The molecule has 0 unspecified atom stereocenters. The summed E-state index contributed by atoms with van der Waals surface area (Å²) in [6.45, 7) is 3.29. The van der Waals surface area contributed by atoms with Crippen molar-refractivity contribution in [2.45, 2.75) is 38.6 Å². The van der Waals surface area contributed by atoms with Gasteiger partial charge in [-0.05, 0) is 12.3 Å². The zero-order chi connectivity index (χ0) is 9.94. The first-order valence-corrected chi connectivity index (χ1v) is 3.75. The zero-order valence-corrected chi connectivity index (χ0v) is 8.32. The third-order valence-corrected chi connectivity index (χ3v) is 1.69. The minimum Gasteiger partial charge on any atom is -0.393 e. The fraction of sp³-hybridized carbons (Fsp3) is 1.00. The third kappa shape index (κ3) is 6.12. The summed E-state index contributed by atoms with van der Waals surface area (Å²) in [6.07, 6.45) is -5.82. The van der Waals surface area contributed by atoms with E-state index in [1.807, 2.05) is 0 Å². The summed E-state index contributed by atoms with van der Waals surface area (Å²) in [6, 6.07) is -1.92. The molecule has 0 aliphatic carbocycles. The van der Waals surface area contributed by atoms with E-state index in [0.717, 1.165) is 0 Å². The number of nitrogens with two attached hydrogens (primary N) is 1. The Balaban J connectivity index is 0. The molecule has 0 bridgehead atoms. The lowest BCUT2D eigenvalue weighted by molar-refractivity contribution is -0.154. The molecule has 0 fully saturated rings. The van der Waals surface area contributed by atoms with E-state index >= 15 is 0 Å². The van der Waals surface area contributed by atoms with Crippen LogP contribution in [0.3, 0.4) is 0 Å². The highest BCUT2D eigenvalue weighted by atomic mass is 35.5. The molecule has 0 aromatic heterocycles. The SMILES string of the molecule is CC(C)[C@H](O)C[C@@H](N)C(F)(F)F.Cl. The van der Waals surface area contributed by atoms with Gasteiger partial charge < -0.3 is 10.8 Å². The van der Waals surface area contributed by atoms with Gasteiger partial charge >= 0.3 is 6.18 Å². The average molecular weight is 222 g/mol. The quantitative estimate of drug-likeness (QED) is 0.762. The Labute approximate surface area is 81.7 Å². The normalized spacial score (nSPS) is 16.6. The Hall–Kier alpha value is -0.0000000000000000555. The lowest BCUT2D eigenvalue weighted by atomic mass is 10.00. The van der Waals surface area contributed by atoms with Crippen molar-refractivity contribution in [2.75, 3.05) is 0 Å². The van der Waals surface area contributed by atoms with Gasteiger partial charge in [-0.15, -0.1) is 12.4 Å². The van der Waals surface area contributed by atoms with Crippen LogP contribution in [0.25, 0.3) is 0 Å². The predicted molar refractivity (Wildman–Crippen MR) is 46.7 cm³/mol. The van der Waals surface area contributed by atoms with Crippen LogP contribution in [0.15, 0.2) is 0 Å². The first-order chi connectivity index (χ1) is 5.25. The summed E-state index contributed by atoms with van der Waals surface area (Å²) in [5, 5.41) is 9.08. The summed E-state index contributed by atoms with van der Waals surface area (Å²) >= 11 is 0. The first-order valence-electron chi connectivity index (χ1n) is 3.75. The van der Waals surface area contributed by atoms with Gasteiger partial charge in [-0.3, -0.25) is 0 Å². The molecule has 0 aliphatic heterocycles. The Bertz CT molecular complexity index is 140. The molecule has 0 aliphatic rings. The molecule has 0 spiro atoms. The summed E-state index contributed by atoms with van der Waals surface area (Å²) < 4.78 is 35.5. The van der Waals surface area contributed by atoms with E-state index in [1.54, 1.807) is 13.8 Å². The van der Waals surface area contributed by atoms with Crippen molar-refractivity contribution in [3.05, 3.63) is 0 Å². The minimum atomic E-state index is -4.41. The second kappa shape index (κ2) is 5.67. The maximum absolute atomic E-state index is 11.8. The number of hydrogen-bond donors (Lipinski definition) is 2. The smallest absolute Gasteiger partial charge is 0.393 e. The Morgan fingerprint density at radius 3 is 1.92 bits per heavy atom.